The van der Waals surface area contributed by atoms with Crippen molar-refractivity contribution in [2.45, 2.75) is 26.7 Å². The summed E-state index contributed by atoms with van der Waals surface area (Å²) in [4.78, 5) is 14.2. The highest BCUT2D eigenvalue weighted by Gasteiger charge is 2.12. The predicted octanol–water partition coefficient (Wildman–Crippen LogP) is 4.87. The van der Waals surface area contributed by atoms with E-state index < -0.39 is 4.92 Å². The largest absolute Gasteiger partial charge is 0.439 e. The van der Waals surface area contributed by atoms with Crippen molar-refractivity contribution in [2.24, 2.45) is 0 Å². The molecule has 1 aromatic heterocycles. The van der Waals surface area contributed by atoms with E-state index in [1.807, 2.05) is 25.1 Å². The highest BCUT2D eigenvalue weighted by Crippen LogP contribution is 2.29. The number of halogens is 1. The van der Waals surface area contributed by atoms with Gasteiger partial charge in [0.1, 0.15) is 10.9 Å². The summed E-state index contributed by atoms with van der Waals surface area (Å²) in [6.45, 7) is 6.23. The number of rotatable bonds is 4. The van der Waals surface area contributed by atoms with Gasteiger partial charge in [0, 0.05) is 0 Å². The first-order valence-corrected chi connectivity index (χ1v) is 6.85. The van der Waals surface area contributed by atoms with E-state index in [-0.39, 0.29) is 16.7 Å². The summed E-state index contributed by atoms with van der Waals surface area (Å²) in [6.07, 6.45) is 0. The lowest BCUT2D eigenvalue weighted by Gasteiger charge is -2.12. The highest BCUT2D eigenvalue weighted by molar-refractivity contribution is 6.29. The molecule has 5 nitrogen and oxygen atoms in total. The molecule has 0 N–H and O–H groups in total. The van der Waals surface area contributed by atoms with Gasteiger partial charge in [0.05, 0.1) is 17.1 Å². The van der Waals surface area contributed by atoms with Crippen molar-refractivity contribution in [3.05, 3.63) is 56.7 Å². The zero-order valence-corrected chi connectivity index (χ0v) is 12.7. The molecule has 0 fully saturated rings. The van der Waals surface area contributed by atoms with Crippen LogP contribution in [0.5, 0.6) is 11.6 Å². The van der Waals surface area contributed by atoms with Gasteiger partial charge in [-0.25, -0.2) is 4.98 Å². The molecule has 110 valence electrons. The summed E-state index contributed by atoms with van der Waals surface area (Å²) in [6, 6.07) is 8.11. The third kappa shape index (κ3) is 3.70. The standard InChI is InChI=1S/C15H15ClN2O3/c1-9(2)13-5-4-12(6-10(13)3)21-15-8-11(18(19)20)7-14(16)17-15/h4-9H,1-3H3. The Morgan fingerprint density at radius 3 is 2.57 bits per heavy atom. The molecule has 1 heterocycles. The van der Waals surface area contributed by atoms with Crippen molar-refractivity contribution in [3.63, 3.8) is 0 Å². The summed E-state index contributed by atoms with van der Waals surface area (Å²) >= 11 is 5.76. The molecule has 0 aliphatic carbocycles. The van der Waals surface area contributed by atoms with Crippen molar-refractivity contribution in [1.29, 1.82) is 0 Å². The van der Waals surface area contributed by atoms with Gasteiger partial charge in [-0.2, -0.15) is 0 Å². The van der Waals surface area contributed by atoms with E-state index in [1.165, 1.54) is 17.7 Å². The number of hydrogen-bond donors (Lipinski definition) is 0. The molecule has 1 aromatic carbocycles. The lowest BCUT2D eigenvalue weighted by molar-refractivity contribution is -0.385. The molecule has 2 aromatic rings. The van der Waals surface area contributed by atoms with Gasteiger partial charge in [-0.3, -0.25) is 10.1 Å². The second-order valence-corrected chi connectivity index (χ2v) is 5.41. The van der Waals surface area contributed by atoms with Crippen LogP contribution in [0.15, 0.2) is 30.3 Å². The van der Waals surface area contributed by atoms with Gasteiger partial charge in [0.15, 0.2) is 0 Å². The number of benzene rings is 1. The lowest BCUT2D eigenvalue weighted by atomic mass is 9.98. The number of aromatic nitrogens is 1. The fourth-order valence-corrected chi connectivity index (χ4v) is 2.29. The molecule has 0 spiro atoms. The summed E-state index contributed by atoms with van der Waals surface area (Å²) in [7, 11) is 0. The third-order valence-corrected chi connectivity index (χ3v) is 3.25. The van der Waals surface area contributed by atoms with Gasteiger partial charge in [-0.1, -0.05) is 31.5 Å². The topological polar surface area (TPSA) is 65.3 Å². The molecule has 21 heavy (non-hydrogen) atoms. The Balaban J connectivity index is 2.30. The first kappa shape index (κ1) is 15.3. The van der Waals surface area contributed by atoms with Crippen LogP contribution in [0.2, 0.25) is 5.15 Å². The molecule has 2 rings (SSSR count). The van der Waals surface area contributed by atoms with Crippen LogP contribution < -0.4 is 4.74 Å². The zero-order chi connectivity index (χ0) is 15.6. The summed E-state index contributed by atoms with van der Waals surface area (Å²) in [5, 5.41) is 10.8. The van der Waals surface area contributed by atoms with Crippen LogP contribution in [0.25, 0.3) is 0 Å². The molecule has 6 heteroatoms. The second kappa shape index (κ2) is 6.10. The molecular weight excluding hydrogens is 292 g/mol. The lowest BCUT2D eigenvalue weighted by Crippen LogP contribution is -1.95. The molecule has 0 saturated carbocycles. The number of aryl methyl sites for hydroxylation is 1. The number of nitro groups is 1. The first-order valence-electron chi connectivity index (χ1n) is 6.47. The Labute approximate surface area is 127 Å². The van der Waals surface area contributed by atoms with E-state index in [2.05, 4.69) is 18.8 Å². The van der Waals surface area contributed by atoms with Crippen LogP contribution in [-0.4, -0.2) is 9.91 Å². The summed E-state index contributed by atoms with van der Waals surface area (Å²) in [5.41, 5.74) is 2.17. The van der Waals surface area contributed by atoms with Crippen molar-refractivity contribution < 1.29 is 9.66 Å². The van der Waals surface area contributed by atoms with Crippen molar-refractivity contribution in [1.82, 2.24) is 4.98 Å². The third-order valence-electron chi connectivity index (χ3n) is 3.05. The Bertz CT molecular complexity index is 687. The summed E-state index contributed by atoms with van der Waals surface area (Å²) < 4.78 is 5.57. The number of nitrogens with zero attached hydrogens (tertiary/aromatic N) is 2. The molecule has 0 aliphatic rings. The molecule has 0 atom stereocenters. The Morgan fingerprint density at radius 2 is 2.00 bits per heavy atom. The van der Waals surface area contributed by atoms with Crippen molar-refractivity contribution >= 4 is 17.3 Å². The molecule has 0 unspecified atom stereocenters. The van der Waals surface area contributed by atoms with Crippen LogP contribution >= 0.6 is 11.6 Å². The number of pyridine rings is 1. The number of ether oxygens (including phenoxy) is 1. The van der Waals surface area contributed by atoms with Gasteiger partial charge >= 0.3 is 0 Å². The van der Waals surface area contributed by atoms with Crippen LogP contribution in [0.3, 0.4) is 0 Å². The first-order chi connectivity index (χ1) is 9.86. The van der Waals surface area contributed by atoms with Gasteiger partial charge < -0.3 is 4.74 Å². The van der Waals surface area contributed by atoms with E-state index in [1.54, 1.807) is 0 Å². The monoisotopic (exact) mass is 306 g/mol. The van der Waals surface area contributed by atoms with E-state index >= 15 is 0 Å². The van der Waals surface area contributed by atoms with Crippen LogP contribution in [-0.2, 0) is 0 Å². The molecule has 0 saturated heterocycles. The van der Waals surface area contributed by atoms with Gasteiger partial charge in [-0.15, -0.1) is 0 Å². The fraction of sp³-hybridized carbons (Fsp3) is 0.267. The van der Waals surface area contributed by atoms with Gasteiger partial charge in [0.25, 0.3) is 5.69 Å². The minimum atomic E-state index is -0.534. The zero-order valence-electron chi connectivity index (χ0n) is 12.0. The maximum atomic E-state index is 10.8. The van der Waals surface area contributed by atoms with Crippen LogP contribution in [0, 0.1) is 17.0 Å². The Morgan fingerprint density at radius 1 is 1.29 bits per heavy atom. The van der Waals surface area contributed by atoms with E-state index in [4.69, 9.17) is 16.3 Å². The fourth-order valence-electron chi connectivity index (χ4n) is 2.10. The molecule has 0 radical (unpaired) electrons. The normalized spacial score (nSPS) is 10.7. The second-order valence-electron chi connectivity index (χ2n) is 5.02. The summed E-state index contributed by atoms with van der Waals surface area (Å²) in [5.74, 6) is 1.09. The average Bonchev–Trinajstić information content (AvgIpc) is 2.37. The SMILES string of the molecule is Cc1cc(Oc2cc([N+](=O)[O-])cc(Cl)n2)ccc1C(C)C. The van der Waals surface area contributed by atoms with Crippen LogP contribution in [0.1, 0.15) is 30.9 Å². The highest BCUT2D eigenvalue weighted by atomic mass is 35.5. The molecule has 0 bridgehead atoms. The van der Waals surface area contributed by atoms with E-state index in [0.717, 1.165) is 5.56 Å². The Kier molecular flexibility index (Phi) is 4.43. The van der Waals surface area contributed by atoms with Gasteiger partial charge in [-0.05, 0) is 36.1 Å². The van der Waals surface area contributed by atoms with Crippen molar-refractivity contribution in [3.8, 4) is 11.6 Å². The maximum absolute atomic E-state index is 10.8. The van der Waals surface area contributed by atoms with Crippen molar-refractivity contribution in [2.75, 3.05) is 0 Å². The smallest absolute Gasteiger partial charge is 0.277 e. The van der Waals surface area contributed by atoms with E-state index in [0.29, 0.717) is 11.7 Å². The number of hydrogen-bond acceptors (Lipinski definition) is 4. The molecular formula is C15H15ClN2O3. The van der Waals surface area contributed by atoms with E-state index in [9.17, 15) is 10.1 Å². The minimum Gasteiger partial charge on any atom is -0.439 e. The van der Waals surface area contributed by atoms with Gasteiger partial charge in [0.2, 0.25) is 5.88 Å². The quantitative estimate of drug-likeness (QED) is 0.459. The maximum Gasteiger partial charge on any atom is 0.277 e. The van der Waals surface area contributed by atoms with Crippen LogP contribution in [0.4, 0.5) is 5.69 Å². The Hall–Kier alpha value is -2.14. The minimum absolute atomic E-state index is 0.0229. The average molecular weight is 307 g/mol. The molecule has 0 amide bonds. The molecule has 0 aliphatic heterocycles. The predicted molar refractivity (Wildman–Crippen MR) is 81.2 cm³/mol.